The second kappa shape index (κ2) is 10.1. The third kappa shape index (κ3) is 6.09. The predicted octanol–water partition coefficient (Wildman–Crippen LogP) is 2.94. The van der Waals surface area contributed by atoms with Crippen molar-refractivity contribution in [1.82, 2.24) is 4.90 Å². The molecule has 3 unspecified atom stereocenters. The molecule has 6 nitrogen and oxygen atoms in total. The number of aliphatic hydroxyl groups is 2. The molecule has 0 fully saturated rings. The highest BCUT2D eigenvalue weighted by Crippen LogP contribution is 2.44. The van der Waals surface area contributed by atoms with Crippen molar-refractivity contribution in [3.63, 3.8) is 0 Å². The lowest BCUT2D eigenvalue weighted by Gasteiger charge is -2.22. The number of carbonyl (C=O) groups excluding carboxylic acids is 1. The van der Waals surface area contributed by atoms with Crippen LogP contribution in [0.2, 0.25) is 0 Å². The van der Waals surface area contributed by atoms with Gasteiger partial charge in [-0.25, -0.2) is 0 Å². The molecule has 154 valence electrons. The first-order valence-corrected chi connectivity index (χ1v) is 10.6. The molecule has 3 N–H and O–H groups in total. The van der Waals surface area contributed by atoms with Gasteiger partial charge >= 0.3 is 0 Å². The second-order valence-electron chi connectivity index (χ2n) is 6.92. The molecule has 0 heterocycles. The maximum atomic E-state index is 12.5. The molecule has 28 heavy (non-hydrogen) atoms. The Balaban J connectivity index is 0.000000416. The van der Waals surface area contributed by atoms with Crippen molar-refractivity contribution in [3.8, 4) is 0 Å². The Hall–Kier alpha value is -1.82. The van der Waals surface area contributed by atoms with E-state index >= 15 is 0 Å². The fourth-order valence-electron chi connectivity index (χ4n) is 2.73. The first-order chi connectivity index (χ1) is 12.9. The second-order valence-corrected chi connectivity index (χ2v) is 8.99. The molecule has 0 spiro atoms. The molecule has 2 rings (SSSR count). The Bertz CT molecular complexity index is 818. The van der Waals surface area contributed by atoms with Gasteiger partial charge in [0, 0.05) is 10.9 Å². The number of aliphatic hydroxyl groups excluding tert-OH is 2. The molecule has 2 aromatic carbocycles. The van der Waals surface area contributed by atoms with E-state index in [1.54, 1.807) is 52.9 Å². The highest BCUT2D eigenvalue weighted by molar-refractivity contribution is 7.82. The maximum absolute atomic E-state index is 12.5. The number of carbonyl (C=O) groups is 1. The third-order valence-electron chi connectivity index (χ3n) is 4.45. The van der Waals surface area contributed by atoms with Crippen molar-refractivity contribution in [2.24, 2.45) is 0 Å². The quantitative estimate of drug-likeness (QED) is 0.521. The van der Waals surface area contributed by atoms with Crippen molar-refractivity contribution in [1.29, 1.82) is 0 Å². The zero-order valence-electron chi connectivity index (χ0n) is 17.2. The largest absolute Gasteiger partial charge is 0.379 e. The third-order valence-corrected chi connectivity index (χ3v) is 6.22. The standard InChI is InChI=1S/C16H17O3P.C5H13NO2/c1-11-9-12(2)15(13(3)10-11)16(17)20(18,19)14-7-5-4-6-8-14;1-4(7)6(3)5(2)8/h4-10H,1-3H3,(H,18,19);4-5,7-8H,1-3H3. The topological polar surface area (TPSA) is 98.1 Å². The average Bonchev–Trinajstić information content (AvgIpc) is 2.61. The zero-order valence-corrected chi connectivity index (χ0v) is 18.1. The molecular weight excluding hydrogens is 377 g/mol. The van der Waals surface area contributed by atoms with Crippen molar-refractivity contribution in [2.45, 2.75) is 47.1 Å². The van der Waals surface area contributed by atoms with Crippen LogP contribution < -0.4 is 5.30 Å². The lowest BCUT2D eigenvalue weighted by molar-refractivity contribution is -0.0665. The molecule has 0 bridgehead atoms. The highest BCUT2D eigenvalue weighted by Gasteiger charge is 2.34. The van der Waals surface area contributed by atoms with Crippen LogP contribution in [-0.2, 0) is 4.57 Å². The van der Waals surface area contributed by atoms with E-state index in [4.69, 9.17) is 10.2 Å². The molecule has 0 aliphatic carbocycles. The van der Waals surface area contributed by atoms with Gasteiger partial charge in [0.1, 0.15) is 12.5 Å². The Morgan fingerprint density at radius 2 is 1.39 bits per heavy atom. The molecule has 0 saturated carbocycles. The summed E-state index contributed by atoms with van der Waals surface area (Å²) in [6.45, 7) is 8.72. The fourth-order valence-corrected chi connectivity index (χ4v) is 4.19. The van der Waals surface area contributed by atoms with E-state index in [9.17, 15) is 14.3 Å². The summed E-state index contributed by atoms with van der Waals surface area (Å²) >= 11 is 0. The van der Waals surface area contributed by atoms with E-state index < -0.39 is 25.3 Å². The summed E-state index contributed by atoms with van der Waals surface area (Å²) in [6, 6.07) is 11.8. The van der Waals surface area contributed by atoms with Crippen LogP contribution in [0.4, 0.5) is 0 Å². The smallest absolute Gasteiger partial charge is 0.298 e. The molecule has 0 amide bonds. The predicted molar refractivity (Wildman–Crippen MR) is 112 cm³/mol. The lowest BCUT2D eigenvalue weighted by atomic mass is 10.0. The Morgan fingerprint density at radius 1 is 0.964 bits per heavy atom. The van der Waals surface area contributed by atoms with Crippen LogP contribution in [0.3, 0.4) is 0 Å². The minimum Gasteiger partial charge on any atom is -0.379 e. The number of hydrogen-bond acceptors (Lipinski definition) is 5. The van der Waals surface area contributed by atoms with Crippen LogP contribution in [0.5, 0.6) is 0 Å². The van der Waals surface area contributed by atoms with Crippen molar-refractivity contribution < 1.29 is 24.5 Å². The lowest BCUT2D eigenvalue weighted by Crippen LogP contribution is -2.36. The Morgan fingerprint density at radius 3 is 1.75 bits per heavy atom. The van der Waals surface area contributed by atoms with Crippen LogP contribution in [0.25, 0.3) is 0 Å². The first-order valence-electron chi connectivity index (χ1n) is 8.98. The normalized spacial score (nSPS) is 15.2. The minimum absolute atomic E-state index is 0.171. The molecule has 0 aliphatic rings. The summed E-state index contributed by atoms with van der Waals surface area (Å²) in [7, 11) is -2.42. The molecule has 0 saturated heterocycles. The Kier molecular flexibility index (Phi) is 8.74. The van der Waals surface area contributed by atoms with E-state index in [1.165, 1.54) is 17.0 Å². The van der Waals surface area contributed by atoms with E-state index in [2.05, 4.69) is 0 Å². The van der Waals surface area contributed by atoms with Gasteiger partial charge in [-0.1, -0.05) is 35.9 Å². The van der Waals surface area contributed by atoms with Crippen LogP contribution in [0.1, 0.15) is 40.9 Å². The Labute approximate surface area is 166 Å². The molecule has 0 aliphatic heterocycles. The van der Waals surface area contributed by atoms with Crippen LogP contribution >= 0.6 is 7.37 Å². The van der Waals surface area contributed by atoms with Gasteiger partial charge in [-0.15, -0.1) is 0 Å². The average molecular weight is 407 g/mol. The summed E-state index contributed by atoms with van der Waals surface area (Å²) in [5.74, 6) is 0. The number of benzene rings is 2. The van der Waals surface area contributed by atoms with Crippen LogP contribution in [0.15, 0.2) is 42.5 Å². The summed E-state index contributed by atoms with van der Waals surface area (Å²) in [6.07, 6.45) is -1.15. The molecule has 7 heteroatoms. The van der Waals surface area contributed by atoms with Gasteiger partial charge < -0.3 is 15.1 Å². The maximum Gasteiger partial charge on any atom is 0.298 e. The van der Waals surface area contributed by atoms with Gasteiger partial charge in [-0.05, 0) is 64.9 Å². The van der Waals surface area contributed by atoms with Gasteiger partial charge in [0.25, 0.3) is 12.9 Å². The van der Waals surface area contributed by atoms with Gasteiger partial charge in [0.2, 0.25) is 0 Å². The molecule has 0 radical (unpaired) electrons. The first kappa shape index (κ1) is 24.2. The zero-order chi connectivity index (χ0) is 21.6. The van der Waals surface area contributed by atoms with Gasteiger partial charge in [0.05, 0.1) is 0 Å². The number of nitrogens with zero attached hydrogens (tertiary/aromatic N) is 1. The number of rotatable bonds is 5. The monoisotopic (exact) mass is 407 g/mol. The van der Waals surface area contributed by atoms with Crippen molar-refractivity contribution in [2.75, 3.05) is 7.05 Å². The van der Waals surface area contributed by atoms with Crippen molar-refractivity contribution in [3.05, 3.63) is 64.7 Å². The summed E-state index contributed by atoms with van der Waals surface area (Å²) < 4.78 is 12.5. The SMILES string of the molecule is CC(O)N(C)C(C)O.Cc1cc(C)c(C(=O)P(=O)(O)c2ccccc2)c(C)c1. The van der Waals surface area contributed by atoms with Crippen LogP contribution in [-0.4, -0.2) is 45.0 Å². The molecule has 0 aromatic heterocycles. The van der Waals surface area contributed by atoms with E-state index in [-0.39, 0.29) is 5.30 Å². The van der Waals surface area contributed by atoms with Gasteiger partial charge in [0.15, 0.2) is 0 Å². The molecule has 3 atom stereocenters. The minimum atomic E-state index is -4.07. The van der Waals surface area contributed by atoms with Gasteiger partial charge in [-0.2, -0.15) is 0 Å². The highest BCUT2D eigenvalue weighted by atomic mass is 31.2. The number of hydrogen-bond donors (Lipinski definition) is 3. The van der Waals surface area contributed by atoms with E-state index in [1.807, 2.05) is 19.1 Å². The number of aryl methyl sites for hydroxylation is 3. The summed E-state index contributed by atoms with van der Waals surface area (Å²) in [4.78, 5) is 24.2. The van der Waals surface area contributed by atoms with Gasteiger partial charge in [-0.3, -0.25) is 14.3 Å². The molecule has 2 aromatic rings. The van der Waals surface area contributed by atoms with Crippen molar-refractivity contribution >= 4 is 18.2 Å². The fraction of sp³-hybridized carbons (Fsp3) is 0.381. The van der Waals surface area contributed by atoms with Crippen LogP contribution in [0, 0.1) is 20.8 Å². The summed E-state index contributed by atoms with van der Waals surface area (Å²) in [5, 5.41) is 17.7. The van der Waals surface area contributed by atoms with E-state index in [0.717, 1.165) is 16.7 Å². The molecular formula is C21H30NO5P. The van der Waals surface area contributed by atoms with E-state index in [0.29, 0.717) is 5.56 Å². The summed E-state index contributed by atoms with van der Waals surface area (Å²) in [5.41, 5.74) is 2.16.